The molecule has 7 heteroatoms. The number of carbonyl (C=O) groups is 1. The van der Waals surface area contributed by atoms with Crippen LogP contribution >= 0.6 is 0 Å². The first-order chi connectivity index (χ1) is 20.0. The van der Waals surface area contributed by atoms with E-state index in [9.17, 15) is 13.6 Å². The number of hydrogen-bond acceptors (Lipinski definition) is 4. The van der Waals surface area contributed by atoms with Crippen LogP contribution in [-0.2, 0) is 4.79 Å². The smallest absolute Gasteiger partial charge is 0.281 e. The van der Waals surface area contributed by atoms with Crippen molar-refractivity contribution < 1.29 is 23.0 Å². The molecule has 1 heterocycles. The first-order valence-electron chi connectivity index (χ1n) is 13.6. The van der Waals surface area contributed by atoms with Gasteiger partial charge in [0, 0.05) is 5.92 Å². The lowest BCUT2D eigenvalue weighted by molar-refractivity contribution is -0.135. The monoisotopic (exact) mass is 550 g/mol. The number of ether oxygens (including phenoxy) is 2. The van der Waals surface area contributed by atoms with Crippen molar-refractivity contribution >= 4 is 17.7 Å². The Morgan fingerprint density at radius 3 is 2.17 bits per heavy atom. The zero-order valence-electron chi connectivity index (χ0n) is 22.3. The summed E-state index contributed by atoms with van der Waals surface area (Å²) in [6.07, 6.45) is 4.58. The molecular weight excluding hydrogens is 522 g/mol. The molecule has 41 heavy (non-hydrogen) atoms. The first-order valence-corrected chi connectivity index (χ1v) is 13.6. The minimum absolute atomic E-state index is 0.0423. The van der Waals surface area contributed by atoms with Crippen LogP contribution in [0.4, 0.5) is 8.78 Å². The van der Waals surface area contributed by atoms with Gasteiger partial charge < -0.3 is 9.47 Å². The lowest BCUT2D eigenvalue weighted by Crippen LogP contribution is -2.34. The molecule has 1 aliphatic carbocycles. The second-order valence-corrected chi connectivity index (χ2v) is 10.1. The molecule has 4 aromatic rings. The zero-order valence-corrected chi connectivity index (χ0v) is 22.3. The number of rotatable bonds is 7. The summed E-state index contributed by atoms with van der Waals surface area (Å²) in [6, 6.07) is 28.7. The summed E-state index contributed by atoms with van der Waals surface area (Å²) in [5.41, 5.74) is 3.54. The number of allylic oxidation sites excluding steroid dienone is 1. The van der Waals surface area contributed by atoms with Crippen LogP contribution in [0, 0.1) is 17.6 Å². The molecule has 0 aromatic heterocycles. The van der Waals surface area contributed by atoms with Gasteiger partial charge in [0.15, 0.2) is 6.61 Å². The van der Waals surface area contributed by atoms with Gasteiger partial charge in [-0.25, -0.2) is 13.8 Å². The van der Waals surface area contributed by atoms with Crippen LogP contribution in [0.25, 0.3) is 6.08 Å². The Morgan fingerprint density at radius 1 is 0.829 bits per heavy atom. The van der Waals surface area contributed by atoms with Gasteiger partial charge in [0.25, 0.3) is 5.91 Å². The quantitative estimate of drug-likeness (QED) is 0.235. The Morgan fingerprint density at radius 2 is 1.46 bits per heavy atom. The summed E-state index contributed by atoms with van der Waals surface area (Å²) in [6.45, 7) is -0.211. The molecule has 0 spiro atoms. The number of hydrazone groups is 1. The molecule has 0 saturated heterocycles. The first kappa shape index (κ1) is 26.4. The Kier molecular flexibility index (Phi) is 7.58. The number of amides is 1. The number of halogens is 2. The fraction of sp³-hybridized carbons (Fsp3) is 0.176. The predicted molar refractivity (Wildman–Crippen MR) is 154 cm³/mol. The Balaban J connectivity index is 1.22. The summed E-state index contributed by atoms with van der Waals surface area (Å²) in [7, 11) is 0. The van der Waals surface area contributed by atoms with Gasteiger partial charge in [-0.2, -0.15) is 5.10 Å². The molecule has 4 aromatic carbocycles. The summed E-state index contributed by atoms with van der Waals surface area (Å²) in [5, 5.41) is 6.31. The van der Waals surface area contributed by atoms with E-state index in [0.717, 1.165) is 47.4 Å². The molecular formula is C34H28F2N2O3. The summed E-state index contributed by atoms with van der Waals surface area (Å²) in [4.78, 5) is 13.6. The molecule has 2 unspecified atom stereocenters. The molecule has 0 N–H and O–H groups in total. The third-order valence-corrected chi connectivity index (χ3v) is 7.34. The van der Waals surface area contributed by atoms with E-state index in [1.807, 2.05) is 36.4 Å². The van der Waals surface area contributed by atoms with Crippen LogP contribution in [0.15, 0.2) is 114 Å². The molecule has 1 amide bonds. The summed E-state index contributed by atoms with van der Waals surface area (Å²) < 4.78 is 38.9. The van der Waals surface area contributed by atoms with Crippen molar-refractivity contribution in [2.75, 3.05) is 6.61 Å². The van der Waals surface area contributed by atoms with Crippen molar-refractivity contribution in [3.8, 4) is 17.2 Å². The zero-order chi connectivity index (χ0) is 28.2. The van der Waals surface area contributed by atoms with E-state index in [1.54, 1.807) is 48.5 Å². The fourth-order valence-corrected chi connectivity index (χ4v) is 5.40. The van der Waals surface area contributed by atoms with Crippen LogP contribution in [0.2, 0.25) is 0 Å². The number of nitrogens with zero attached hydrogens (tertiary/aromatic N) is 2. The van der Waals surface area contributed by atoms with Gasteiger partial charge >= 0.3 is 0 Å². The van der Waals surface area contributed by atoms with E-state index in [-0.39, 0.29) is 36.1 Å². The molecule has 2 atom stereocenters. The van der Waals surface area contributed by atoms with E-state index in [4.69, 9.17) is 14.6 Å². The normalized spacial score (nSPS) is 19.0. The summed E-state index contributed by atoms with van der Waals surface area (Å²) >= 11 is 0. The van der Waals surface area contributed by atoms with Gasteiger partial charge in [0.2, 0.25) is 0 Å². The second-order valence-electron chi connectivity index (χ2n) is 10.1. The van der Waals surface area contributed by atoms with E-state index < -0.39 is 0 Å². The second kappa shape index (κ2) is 11.8. The van der Waals surface area contributed by atoms with Crippen LogP contribution < -0.4 is 9.47 Å². The predicted octanol–water partition coefficient (Wildman–Crippen LogP) is 7.96. The maximum absolute atomic E-state index is 13.8. The minimum Gasteiger partial charge on any atom is -0.484 e. The highest BCUT2D eigenvalue weighted by atomic mass is 19.1. The van der Waals surface area contributed by atoms with E-state index in [0.29, 0.717) is 11.5 Å². The number of benzene rings is 4. The topological polar surface area (TPSA) is 51.1 Å². The van der Waals surface area contributed by atoms with E-state index in [2.05, 4.69) is 0 Å². The standard InChI is InChI=1S/C34H28F2N2O3/c35-26-13-9-23(10-14-26)21-25-5-4-8-31-33(25)37-38(34(31)24-11-15-27(36)16-12-24)32(39)22-40-28-17-19-30(20-18-28)41-29-6-2-1-3-7-29/h1-3,6-7,9-21,31,34H,4-5,8,22H2/b25-21+. The Bertz CT molecular complexity index is 1570. The average molecular weight is 551 g/mol. The van der Waals surface area contributed by atoms with Crippen LogP contribution in [0.1, 0.15) is 36.4 Å². The van der Waals surface area contributed by atoms with Crippen molar-refractivity contribution in [3.63, 3.8) is 0 Å². The van der Waals surface area contributed by atoms with Crippen LogP contribution in [-0.4, -0.2) is 23.2 Å². The molecule has 206 valence electrons. The third-order valence-electron chi connectivity index (χ3n) is 7.34. The maximum Gasteiger partial charge on any atom is 0.281 e. The largest absolute Gasteiger partial charge is 0.484 e. The maximum atomic E-state index is 13.8. The third kappa shape index (κ3) is 6.04. The molecule has 1 fully saturated rings. The minimum atomic E-state index is -0.375. The Hall–Kier alpha value is -4.78. The summed E-state index contributed by atoms with van der Waals surface area (Å²) in [5.74, 6) is 0.935. The van der Waals surface area contributed by atoms with Gasteiger partial charge in [0.1, 0.15) is 28.9 Å². The van der Waals surface area contributed by atoms with Gasteiger partial charge in [-0.1, -0.05) is 42.5 Å². The fourth-order valence-electron chi connectivity index (χ4n) is 5.40. The van der Waals surface area contributed by atoms with Crippen molar-refractivity contribution in [2.24, 2.45) is 11.0 Å². The average Bonchev–Trinajstić information content (AvgIpc) is 3.40. The van der Waals surface area contributed by atoms with Crippen molar-refractivity contribution in [1.82, 2.24) is 5.01 Å². The van der Waals surface area contributed by atoms with Crippen LogP contribution in [0.5, 0.6) is 17.2 Å². The lowest BCUT2D eigenvalue weighted by atomic mass is 9.77. The molecule has 6 rings (SSSR count). The lowest BCUT2D eigenvalue weighted by Gasteiger charge is -2.29. The van der Waals surface area contributed by atoms with Gasteiger partial charge in [-0.05, 0) is 103 Å². The number of carbonyl (C=O) groups excluding carboxylic acids is 1. The molecule has 5 nitrogen and oxygen atoms in total. The van der Waals surface area contributed by atoms with E-state index in [1.165, 1.54) is 29.3 Å². The number of para-hydroxylation sites is 1. The highest BCUT2D eigenvalue weighted by Crippen LogP contribution is 2.44. The highest BCUT2D eigenvalue weighted by Gasteiger charge is 2.43. The molecule has 1 saturated carbocycles. The molecule has 0 radical (unpaired) electrons. The highest BCUT2D eigenvalue weighted by molar-refractivity contribution is 6.08. The van der Waals surface area contributed by atoms with Crippen molar-refractivity contribution in [1.29, 1.82) is 0 Å². The van der Waals surface area contributed by atoms with Gasteiger partial charge in [0.05, 0.1) is 11.8 Å². The van der Waals surface area contributed by atoms with Crippen molar-refractivity contribution in [2.45, 2.75) is 25.3 Å². The van der Waals surface area contributed by atoms with Gasteiger partial charge in [-0.15, -0.1) is 0 Å². The molecule has 1 aliphatic heterocycles. The Labute approximate surface area is 237 Å². The van der Waals surface area contributed by atoms with Gasteiger partial charge in [-0.3, -0.25) is 4.79 Å². The molecule has 0 bridgehead atoms. The van der Waals surface area contributed by atoms with E-state index >= 15 is 0 Å². The van der Waals surface area contributed by atoms with Crippen LogP contribution in [0.3, 0.4) is 0 Å². The SMILES string of the molecule is O=C(COc1ccc(Oc2ccccc2)cc1)N1N=C2/C(=C/c3ccc(F)cc3)CCCC2C1c1ccc(F)cc1. The van der Waals surface area contributed by atoms with Crippen molar-refractivity contribution in [3.05, 3.63) is 131 Å². The number of fused-ring (bicyclic) bond motifs is 1. The molecule has 2 aliphatic rings. The number of hydrogen-bond donors (Lipinski definition) is 0.